The summed E-state index contributed by atoms with van der Waals surface area (Å²) in [7, 11) is 0. The van der Waals surface area contributed by atoms with Crippen molar-refractivity contribution in [2.24, 2.45) is 5.92 Å². The van der Waals surface area contributed by atoms with Crippen LogP contribution in [-0.2, 0) is 22.7 Å². The number of aromatic nitrogens is 4. The number of aryl methyl sites for hydroxylation is 2. The van der Waals surface area contributed by atoms with E-state index in [9.17, 15) is 9.59 Å². The minimum Gasteiger partial charge on any atom is -0.352 e. The summed E-state index contributed by atoms with van der Waals surface area (Å²) in [6.45, 7) is 4.32. The highest BCUT2D eigenvalue weighted by Gasteiger charge is 2.27. The molecule has 0 atom stereocenters. The SMILES string of the molecule is Cc1nc(C)n(CC(=O)NC2CCC(C(=O)NCc3cccnc3)CC2)n1. The third-order valence-corrected chi connectivity index (χ3v) is 4.91. The fourth-order valence-electron chi connectivity index (χ4n) is 3.46. The molecule has 1 fully saturated rings. The maximum Gasteiger partial charge on any atom is 0.242 e. The van der Waals surface area contributed by atoms with Crippen molar-refractivity contribution in [2.45, 2.75) is 58.7 Å². The first kappa shape index (κ1) is 19.0. The molecule has 144 valence electrons. The summed E-state index contributed by atoms with van der Waals surface area (Å²) in [6.07, 6.45) is 6.66. The van der Waals surface area contributed by atoms with Crippen molar-refractivity contribution in [2.75, 3.05) is 0 Å². The molecule has 0 aromatic carbocycles. The molecule has 0 bridgehead atoms. The second-order valence-corrected chi connectivity index (χ2v) is 7.06. The predicted octanol–water partition coefficient (Wildman–Crippen LogP) is 1.28. The Morgan fingerprint density at radius 1 is 1.22 bits per heavy atom. The molecule has 2 heterocycles. The van der Waals surface area contributed by atoms with Gasteiger partial charge in [-0.1, -0.05) is 6.07 Å². The molecule has 0 spiro atoms. The number of rotatable bonds is 6. The smallest absolute Gasteiger partial charge is 0.242 e. The van der Waals surface area contributed by atoms with Gasteiger partial charge >= 0.3 is 0 Å². The van der Waals surface area contributed by atoms with Crippen LogP contribution in [-0.4, -0.2) is 37.6 Å². The molecule has 8 heteroatoms. The van der Waals surface area contributed by atoms with Crippen molar-refractivity contribution in [3.8, 4) is 0 Å². The summed E-state index contributed by atoms with van der Waals surface area (Å²) in [5.74, 6) is 1.43. The van der Waals surface area contributed by atoms with E-state index in [-0.39, 0.29) is 30.3 Å². The van der Waals surface area contributed by atoms with Crippen LogP contribution in [0.1, 0.15) is 42.9 Å². The Bertz CT molecular complexity index is 781. The lowest BCUT2D eigenvalue weighted by molar-refractivity contribution is -0.126. The topological polar surface area (TPSA) is 102 Å². The summed E-state index contributed by atoms with van der Waals surface area (Å²) < 4.78 is 1.61. The summed E-state index contributed by atoms with van der Waals surface area (Å²) in [5, 5.41) is 10.2. The van der Waals surface area contributed by atoms with Crippen molar-refractivity contribution in [3.63, 3.8) is 0 Å². The number of carbonyl (C=O) groups excluding carboxylic acids is 2. The molecule has 2 N–H and O–H groups in total. The van der Waals surface area contributed by atoms with Gasteiger partial charge in [-0.3, -0.25) is 14.6 Å². The van der Waals surface area contributed by atoms with Gasteiger partial charge in [-0.05, 0) is 51.2 Å². The zero-order chi connectivity index (χ0) is 19.2. The Labute approximate surface area is 158 Å². The van der Waals surface area contributed by atoms with Gasteiger partial charge < -0.3 is 10.6 Å². The van der Waals surface area contributed by atoms with Crippen LogP contribution in [0.2, 0.25) is 0 Å². The Balaban J connectivity index is 1.40. The summed E-state index contributed by atoms with van der Waals surface area (Å²) in [6, 6.07) is 3.92. The monoisotopic (exact) mass is 370 g/mol. The first-order valence-corrected chi connectivity index (χ1v) is 9.35. The van der Waals surface area contributed by atoms with E-state index in [1.54, 1.807) is 17.1 Å². The van der Waals surface area contributed by atoms with Crippen LogP contribution in [0.15, 0.2) is 24.5 Å². The van der Waals surface area contributed by atoms with Crippen molar-refractivity contribution in [1.29, 1.82) is 0 Å². The second-order valence-electron chi connectivity index (χ2n) is 7.06. The third-order valence-electron chi connectivity index (χ3n) is 4.91. The molecule has 0 saturated heterocycles. The van der Waals surface area contributed by atoms with Gasteiger partial charge in [-0.2, -0.15) is 5.10 Å². The lowest BCUT2D eigenvalue weighted by atomic mass is 9.85. The molecular formula is C19H26N6O2. The summed E-state index contributed by atoms with van der Waals surface area (Å²) in [5.41, 5.74) is 0.991. The van der Waals surface area contributed by atoms with Crippen LogP contribution >= 0.6 is 0 Å². The van der Waals surface area contributed by atoms with E-state index in [1.165, 1.54) is 0 Å². The average Bonchev–Trinajstić information content (AvgIpc) is 2.98. The van der Waals surface area contributed by atoms with Gasteiger partial charge in [0.05, 0.1) is 0 Å². The number of nitrogens with zero attached hydrogens (tertiary/aromatic N) is 4. The highest BCUT2D eigenvalue weighted by molar-refractivity contribution is 5.79. The van der Waals surface area contributed by atoms with Crippen molar-refractivity contribution < 1.29 is 9.59 Å². The van der Waals surface area contributed by atoms with Crippen LogP contribution < -0.4 is 10.6 Å². The number of hydrogen-bond acceptors (Lipinski definition) is 5. The summed E-state index contributed by atoms with van der Waals surface area (Å²) >= 11 is 0. The number of nitrogens with one attached hydrogen (secondary N) is 2. The molecule has 2 aromatic rings. The average molecular weight is 370 g/mol. The van der Waals surface area contributed by atoms with Crippen molar-refractivity contribution in [3.05, 3.63) is 41.7 Å². The largest absolute Gasteiger partial charge is 0.352 e. The molecular weight excluding hydrogens is 344 g/mol. The van der Waals surface area contributed by atoms with Crippen LogP contribution in [0.5, 0.6) is 0 Å². The standard InChI is InChI=1S/C19H26N6O2/c1-13-22-14(2)25(24-13)12-18(26)23-17-7-5-16(6-8-17)19(27)21-11-15-4-3-9-20-10-15/h3-4,9-10,16-17H,5-8,11-12H2,1-2H3,(H,21,27)(H,23,26). The minimum atomic E-state index is -0.0625. The van der Waals surface area contributed by atoms with Gasteiger partial charge in [-0.15, -0.1) is 0 Å². The van der Waals surface area contributed by atoms with Gasteiger partial charge in [0.1, 0.15) is 18.2 Å². The van der Waals surface area contributed by atoms with E-state index in [1.807, 2.05) is 26.0 Å². The molecule has 2 aromatic heterocycles. The third kappa shape index (κ3) is 5.35. The normalized spacial score (nSPS) is 19.5. The Kier molecular flexibility index (Phi) is 6.16. The van der Waals surface area contributed by atoms with Crippen molar-refractivity contribution >= 4 is 11.8 Å². The van der Waals surface area contributed by atoms with E-state index in [4.69, 9.17) is 0 Å². The Morgan fingerprint density at radius 2 is 2.00 bits per heavy atom. The van der Waals surface area contributed by atoms with E-state index in [2.05, 4.69) is 25.7 Å². The predicted molar refractivity (Wildman–Crippen MR) is 99.5 cm³/mol. The molecule has 0 radical (unpaired) electrons. The molecule has 8 nitrogen and oxygen atoms in total. The van der Waals surface area contributed by atoms with Crippen LogP contribution in [0.3, 0.4) is 0 Å². The molecule has 1 aliphatic rings. The van der Waals surface area contributed by atoms with Crippen molar-refractivity contribution in [1.82, 2.24) is 30.4 Å². The number of amides is 2. The number of carbonyl (C=O) groups is 2. The lowest BCUT2D eigenvalue weighted by Crippen LogP contribution is -2.42. The zero-order valence-electron chi connectivity index (χ0n) is 15.8. The van der Waals surface area contributed by atoms with E-state index in [0.717, 1.165) is 37.1 Å². The molecule has 3 rings (SSSR count). The maximum absolute atomic E-state index is 12.3. The Hall–Kier alpha value is -2.77. The molecule has 27 heavy (non-hydrogen) atoms. The first-order valence-electron chi connectivity index (χ1n) is 9.35. The van der Waals surface area contributed by atoms with Gasteiger partial charge in [0, 0.05) is 30.9 Å². The molecule has 0 aliphatic heterocycles. The fourth-order valence-corrected chi connectivity index (χ4v) is 3.46. The zero-order valence-corrected chi connectivity index (χ0v) is 15.8. The molecule has 1 saturated carbocycles. The highest BCUT2D eigenvalue weighted by atomic mass is 16.2. The molecule has 1 aliphatic carbocycles. The van der Waals surface area contributed by atoms with E-state index >= 15 is 0 Å². The lowest BCUT2D eigenvalue weighted by Gasteiger charge is -2.28. The van der Waals surface area contributed by atoms with Gasteiger partial charge in [0.25, 0.3) is 0 Å². The van der Waals surface area contributed by atoms with Gasteiger partial charge in [-0.25, -0.2) is 9.67 Å². The van der Waals surface area contributed by atoms with Crippen LogP contribution in [0, 0.1) is 19.8 Å². The molecule has 0 unspecified atom stereocenters. The molecule has 2 amide bonds. The fraction of sp³-hybridized carbons (Fsp3) is 0.526. The quantitative estimate of drug-likeness (QED) is 0.798. The van der Waals surface area contributed by atoms with E-state index < -0.39 is 0 Å². The second kappa shape index (κ2) is 8.75. The number of pyridine rings is 1. The maximum atomic E-state index is 12.3. The Morgan fingerprint density at radius 3 is 2.63 bits per heavy atom. The highest BCUT2D eigenvalue weighted by Crippen LogP contribution is 2.24. The van der Waals surface area contributed by atoms with Crippen LogP contribution in [0.25, 0.3) is 0 Å². The van der Waals surface area contributed by atoms with Gasteiger partial charge in [0.2, 0.25) is 11.8 Å². The minimum absolute atomic E-state index is 0.00929. The first-order chi connectivity index (χ1) is 13.0. The number of hydrogen-bond donors (Lipinski definition) is 2. The van der Waals surface area contributed by atoms with Gasteiger partial charge in [0.15, 0.2) is 0 Å². The van der Waals surface area contributed by atoms with Crippen LogP contribution in [0.4, 0.5) is 0 Å². The van der Waals surface area contributed by atoms with E-state index in [0.29, 0.717) is 12.4 Å². The summed E-state index contributed by atoms with van der Waals surface area (Å²) in [4.78, 5) is 32.8.